The van der Waals surface area contributed by atoms with Crippen LogP contribution in [0.2, 0.25) is 0 Å². The van der Waals surface area contributed by atoms with Crippen molar-refractivity contribution in [2.24, 2.45) is 0 Å². The van der Waals surface area contributed by atoms with Crippen molar-refractivity contribution in [3.63, 3.8) is 0 Å². The summed E-state index contributed by atoms with van der Waals surface area (Å²) in [6, 6.07) is 2.45. The van der Waals surface area contributed by atoms with Crippen molar-refractivity contribution in [1.29, 1.82) is 0 Å². The zero-order valence-electron chi connectivity index (χ0n) is 16.8. The highest BCUT2D eigenvalue weighted by molar-refractivity contribution is 7.17. The molecule has 1 saturated heterocycles. The molecular weight excluding hydrogens is 449 g/mol. The highest BCUT2D eigenvalue weighted by Gasteiger charge is 2.49. The predicted octanol–water partition coefficient (Wildman–Crippen LogP) is 4.32. The Morgan fingerprint density at radius 2 is 1.78 bits per heavy atom. The molecule has 0 N–H and O–H groups in total. The minimum Gasteiger partial charge on any atom is -0.462 e. The number of halogens is 3. The van der Waals surface area contributed by atoms with Gasteiger partial charge in [0.05, 0.1) is 23.4 Å². The summed E-state index contributed by atoms with van der Waals surface area (Å²) in [7, 11) is 0. The number of anilines is 2. The first-order valence-corrected chi connectivity index (χ1v) is 10.7. The second-order valence-electron chi connectivity index (χ2n) is 7.22. The molecule has 2 aromatic rings. The van der Waals surface area contributed by atoms with Gasteiger partial charge in [0.15, 0.2) is 0 Å². The summed E-state index contributed by atoms with van der Waals surface area (Å²) < 4.78 is 44.4. The average molecular weight is 466 g/mol. The van der Waals surface area contributed by atoms with E-state index in [1.807, 2.05) is 0 Å². The van der Waals surface area contributed by atoms with Crippen LogP contribution in [-0.4, -0.2) is 30.4 Å². The number of nitrogens with zero attached hydrogens (tertiary/aromatic N) is 2. The largest absolute Gasteiger partial charge is 0.462 e. The maximum absolute atomic E-state index is 13.1. The summed E-state index contributed by atoms with van der Waals surface area (Å²) in [6.07, 6.45) is -1.82. The molecule has 0 unspecified atom stereocenters. The molecule has 168 valence electrons. The number of hydrogen-bond donors (Lipinski definition) is 0. The topological polar surface area (TPSA) is 84.0 Å². The van der Waals surface area contributed by atoms with E-state index in [1.165, 1.54) is 0 Å². The lowest BCUT2D eigenvalue weighted by Crippen LogP contribution is -2.34. The number of carbonyl (C=O) groups excluding carboxylic acids is 4. The van der Waals surface area contributed by atoms with Gasteiger partial charge in [-0.2, -0.15) is 13.2 Å². The number of hydrogen-bond acceptors (Lipinski definition) is 6. The Hall–Kier alpha value is -3.21. The van der Waals surface area contributed by atoms with Crippen LogP contribution >= 0.6 is 11.3 Å². The van der Waals surface area contributed by atoms with E-state index >= 15 is 0 Å². The summed E-state index contributed by atoms with van der Waals surface area (Å²) in [5, 5.41) is -0.0341. The van der Waals surface area contributed by atoms with Gasteiger partial charge in [-0.15, -0.1) is 11.3 Å². The fraction of sp³-hybridized carbons (Fsp3) is 0.333. The maximum Gasteiger partial charge on any atom is 0.416 e. The van der Waals surface area contributed by atoms with E-state index < -0.39 is 35.6 Å². The fourth-order valence-corrected chi connectivity index (χ4v) is 5.18. The van der Waals surface area contributed by atoms with Crippen molar-refractivity contribution in [2.45, 2.75) is 38.8 Å². The number of alkyl halides is 3. The van der Waals surface area contributed by atoms with Gasteiger partial charge < -0.3 is 4.74 Å². The third kappa shape index (κ3) is 3.56. The van der Waals surface area contributed by atoms with Crippen LogP contribution in [0.5, 0.6) is 0 Å². The van der Waals surface area contributed by atoms with Crippen LogP contribution in [0, 0.1) is 0 Å². The van der Waals surface area contributed by atoms with E-state index in [9.17, 15) is 32.3 Å². The minimum absolute atomic E-state index is 0.0341. The average Bonchev–Trinajstić information content (AvgIpc) is 3.22. The number of fused-ring (bicyclic) bond motifs is 1. The Bertz CT molecular complexity index is 1140. The molecule has 1 aliphatic heterocycles. The molecule has 4 amide bonds. The van der Waals surface area contributed by atoms with Crippen LogP contribution < -0.4 is 9.80 Å². The zero-order chi connectivity index (χ0) is 23.2. The lowest BCUT2D eigenvalue weighted by atomic mass is 9.95. The number of rotatable bonds is 4. The molecule has 1 fully saturated rings. The first-order valence-electron chi connectivity index (χ1n) is 9.86. The van der Waals surface area contributed by atoms with Crippen LogP contribution in [0.25, 0.3) is 0 Å². The number of ether oxygens (including phenoxy) is 1. The molecule has 0 bridgehead atoms. The standard InChI is InChI=1S/C21H17F3N2O5S/c1-2-31-19(29)15-13-8-3-4-9-14(13)32-18(15)26-17(28)16(27)25(20(26)30)12-7-5-6-11(10-12)21(22,23)24/h5-7,10H,2-4,8-9H2,1H3. The van der Waals surface area contributed by atoms with Gasteiger partial charge in [0, 0.05) is 4.88 Å². The molecule has 0 saturated carbocycles. The van der Waals surface area contributed by atoms with Gasteiger partial charge in [0.25, 0.3) is 0 Å². The molecule has 32 heavy (non-hydrogen) atoms. The normalized spacial score (nSPS) is 16.6. The van der Waals surface area contributed by atoms with Crippen LogP contribution in [0.4, 0.5) is 28.7 Å². The van der Waals surface area contributed by atoms with Gasteiger partial charge in [0.2, 0.25) is 0 Å². The Balaban J connectivity index is 1.79. The number of thiophene rings is 1. The Morgan fingerprint density at radius 1 is 1.09 bits per heavy atom. The first kappa shape index (κ1) is 22.0. The monoisotopic (exact) mass is 466 g/mol. The number of imide groups is 2. The SMILES string of the molecule is CCOC(=O)c1c(N2C(=O)C(=O)N(c3cccc(C(F)(F)F)c3)C2=O)sc2c1CCCC2. The van der Waals surface area contributed by atoms with Crippen molar-refractivity contribution >= 4 is 45.8 Å². The van der Waals surface area contributed by atoms with E-state index in [-0.39, 0.29) is 22.9 Å². The fourth-order valence-electron chi connectivity index (χ4n) is 3.82. The second-order valence-corrected chi connectivity index (χ2v) is 8.31. The number of urea groups is 1. The van der Waals surface area contributed by atoms with Crippen LogP contribution in [-0.2, 0) is 33.3 Å². The van der Waals surface area contributed by atoms with Gasteiger partial charge in [0.1, 0.15) is 5.00 Å². The summed E-state index contributed by atoms with van der Waals surface area (Å²) >= 11 is 1.05. The number of amides is 4. The van der Waals surface area contributed by atoms with E-state index in [0.717, 1.165) is 47.3 Å². The second kappa shape index (κ2) is 8.05. The lowest BCUT2D eigenvalue weighted by molar-refractivity contribution is -0.137. The molecule has 1 aliphatic carbocycles. The van der Waals surface area contributed by atoms with Crippen molar-refractivity contribution in [3.05, 3.63) is 45.8 Å². The van der Waals surface area contributed by atoms with Crippen LogP contribution in [0.15, 0.2) is 24.3 Å². The lowest BCUT2D eigenvalue weighted by Gasteiger charge is -2.17. The zero-order valence-corrected chi connectivity index (χ0v) is 17.6. The van der Waals surface area contributed by atoms with E-state index in [2.05, 4.69) is 0 Å². The Morgan fingerprint density at radius 3 is 2.47 bits per heavy atom. The maximum atomic E-state index is 13.1. The predicted molar refractivity (Wildman–Crippen MR) is 109 cm³/mol. The molecule has 11 heteroatoms. The number of benzene rings is 1. The minimum atomic E-state index is -4.70. The van der Waals surface area contributed by atoms with Crippen molar-refractivity contribution in [2.75, 3.05) is 16.4 Å². The summed E-state index contributed by atoms with van der Waals surface area (Å²) in [6.45, 7) is 1.68. The van der Waals surface area contributed by atoms with Crippen molar-refractivity contribution < 1.29 is 37.1 Å². The first-order chi connectivity index (χ1) is 15.1. The van der Waals surface area contributed by atoms with Crippen molar-refractivity contribution in [3.8, 4) is 0 Å². The molecule has 0 radical (unpaired) electrons. The quantitative estimate of drug-likeness (QED) is 0.381. The van der Waals surface area contributed by atoms with E-state index in [4.69, 9.17) is 4.74 Å². The summed E-state index contributed by atoms with van der Waals surface area (Å²) in [5.74, 6) is -3.25. The summed E-state index contributed by atoms with van der Waals surface area (Å²) in [4.78, 5) is 53.0. The molecule has 7 nitrogen and oxygen atoms in total. The number of aryl methyl sites for hydroxylation is 1. The van der Waals surface area contributed by atoms with Gasteiger partial charge in [-0.1, -0.05) is 6.07 Å². The molecule has 1 aromatic heterocycles. The molecule has 0 atom stereocenters. The number of carbonyl (C=O) groups is 4. The highest BCUT2D eigenvalue weighted by atomic mass is 32.1. The van der Waals surface area contributed by atoms with Crippen molar-refractivity contribution in [1.82, 2.24) is 0 Å². The van der Waals surface area contributed by atoms with Crippen LogP contribution in [0.1, 0.15) is 46.1 Å². The van der Waals surface area contributed by atoms with Gasteiger partial charge >= 0.3 is 30.0 Å². The molecule has 4 rings (SSSR count). The summed E-state index contributed by atoms with van der Waals surface area (Å²) in [5.41, 5.74) is -0.711. The molecule has 1 aromatic carbocycles. The molecule has 0 spiro atoms. The molecular formula is C21H17F3N2O5S. The molecule has 2 aliphatic rings. The van der Waals surface area contributed by atoms with E-state index in [0.29, 0.717) is 34.3 Å². The van der Waals surface area contributed by atoms with Gasteiger partial charge in [-0.25, -0.2) is 19.4 Å². The third-order valence-corrected chi connectivity index (χ3v) is 6.52. The Labute approximate surface area is 184 Å². The highest BCUT2D eigenvalue weighted by Crippen LogP contribution is 2.43. The third-order valence-electron chi connectivity index (χ3n) is 5.24. The van der Waals surface area contributed by atoms with Crippen LogP contribution in [0.3, 0.4) is 0 Å². The Kier molecular flexibility index (Phi) is 5.53. The smallest absolute Gasteiger partial charge is 0.416 e. The van der Waals surface area contributed by atoms with Gasteiger partial charge in [-0.3, -0.25) is 9.59 Å². The van der Waals surface area contributed by atoms with E-state index in [1.54, 1.807) is 6.92 Å². The van der Waals surface area contributed by atoms with Gasteiger partial charge in [-0.05, 0) is 56.4 Å². The number of esters is 1. The molecule has 2 heterocycles.